The number of allylic oxidation sites excluding steroid dienone is 2. The van der Waals surface area contributed by atoms with E-state index in [1.165, 1.54) is 29.5 Å². The van der Waals surface area contributed by atoms with E-state index < -0.39 is 0 Å². The van der Waals surface area contributed by atoms with Gasteiger partial charge in [0.1, 0.15) is 5.82 Å². The number of hydrogen-bond acceptors (Lipinski definition) is 4. The summed E-state index contributed by atoms with van der Waals surface area (Å²) in [6.45, 7) is 3.76. The van der Waals surface area contributed by atoms with Crippen LogP contribution in [0.5, 0.6) is 0 Å². The summed E-state index contributed by atoms with van der Waals surface area (Å²) in [6, 6.07) is 20.6. The monoisotopic (exact) mass is 519 g/mol. The summed E-state index contributed by atoms with van der Waals surface area (Å²) in [7, 11) is 0. The second kappa shape index (κ2) is 10.5. The summed E-state index contributed by atoms with van der Waals surface area (Å²) in [6.07, 6.45) is 5.47. The van der Waals surface area contributed by atoms with Gasteiger partial charge in [-0.3, -0.25) is 4.79 Å². The number of nitrogens with zero attached hydrogens (tertiary/aromatic N) is 1. The maximum absolute atomic E-state index is 13.5. The van der Waals surface area contributed by atoms with Crippen molar-refractivity contribution in [3.8, 4) is 0 Å². The van der Waals surface area contributed by atoms with Crippen molar-refractivity contribution in [1.29, 1.82) is 0 Å². The Kier molecular flexibility index (Phi) is 7.17. The van der Waals surface area contributed by atoms with Crippen LogP contribution in [-0.4, -0.2) is 16.9 Å². The van der Waals surface area contributed by atoms with Crippen molar-refractivity contribution in [2.24, 2.45) is 11.0 Å². The molecule has 3 aromatic carbocycles. The van der Waals surface area contributed by atoms with Crippen LogP contribution in [0.1, 0.15) is 48.9 Å². The SMILES string of the molecule is C/C(=N/NC(=O)[C@H](C)Sc1ccc(Cl)cc1)c1ccc2c(c1)[C@@H]1C=CC[C@@H]1[C@H](c1ccc(F)cc1)N2. The third-order valence-electron chi connectivity index (χ3n) is 6.84. The lowest BCUT2D eigenvalue weighted by molar-refractivity contribution is -0.120. The molecule has 4 atom stereocenters. The molecule has 0 saturated heterocycles. The lowest BCUT2D eigenvalue weighted by Crippen LogP contribution is -2.29. The van der Waals surface area contributed by atoms with E-state index in [4.69, 9.17) is 11.6 Å². The third kappa shape index (κ3) is 5.20. The van der Waals surface area contributed by atoms with Gasteiger partial charge in [-0.05, 0) is 91.4 Å². The number of fused-ring (bicyclic) bond motifs is 3. The molecule has 0 spiro atoms. The Morgan fingerprint density at radius 1 is 1.14 bits per heavy atom. The predicted molar refractivity (Wildman–Crippen MR) is 146 cm³/mol. The van der Waals surface area contributed by atoms with Crippen molar-refractivity contribution in [3.05, 3.63) is 106 Å². The van der Waals surface area contributed by atoms with Crippen molar-refractivity contribution in [2.45, 2.75) is 42.4 Å². The van der Waals surface area contributed by atoms with E-state index in [1.807, 2.05) is 56.3 Å². The smallest absolute Gasteiger partial charge is 0.253 e. The predicted octanol–water partition coefficient (Wildman–Crippen LogP) is 7.33. The van der Waals surface area contributed by atoms with Crippen LogP contribution in [0.25, 0.3) is 0 Å². The molecule has 5 rings (SSSR count). The fourth-order valence-corrected chi connectivity index (χ4v) is 5.87. The van der Waals surface area contributed by atoms with Gasteiger partial charge in [0, 0.05) is 21.5 Å². The van der Waals surface area contributed by atoms with E-state index in [-0.39, 0.29) is 28.9 Å². The molecule has 0 aromatic heterocycles. The first-order chi connectivity index (χ1) is 17.4. The zero-order valence-electron chi connectivity index (χ0n) is 20.0. The highest BCUT2D eigenvalue weighted by Crippen LogP contribution is 2.50. The van der Waals surface area contributed by atoms with Crippen LogP contribution in [-0.2, 0) is 4.79 Å². The quantitative estimate of drug-likeness (QED) is 0.155. The molecule has 1 amide bonds. The molecular formula is C29H27ClFN3OS. The molecular weight excluding hydrogens is 493 g/mol. The number of hydrogen-bond donors (Lipinski definition) is 2. The summed E-state index contributed by atoms with van der Waals surface area (Å²) in [5.74, 6) is 0.255. The van der Waals surface area contributed by atoms with Crippen LogP contribution in [0.2, 0.25) is 5.02 Å². The van der Waals surface area contributed by atoms with Gasteiger partial charge in [-0.2, -0.15) is 5.10 Å². The van der Waals surface area contributed by atoms with E-state index in [0.717, 1.165) is 33.8 Å². The summed E-state index contributed by atoms with van der Waals surface area (Å²) >= 11 is 7.40. The minimum absolute atomic E-state index is 0.123. The fourth-order valence-electron chi connectivity index (χ4n) is 4.88. The second-order valence-electron chi connectivity index (χ2n) is 9.22. The van der Waals surface area contributed by atoms with E-state index in [1.54, 1.807) is 0 Å². The first kappa shape index (κ1) is 24.6. The Morgan fingerprint density at radius 3 is 2.64 bits per heavy atom. The highest BCUT2D eigenvalue weighted by atomic mass is 35.5. The molecule has 3 aromatic rings. The van der Waals surface area contributed by atoms with E-state index in [0.29, 0.717) is 10.9 Å². The molecule has 0 fully saturated rings. The number of benzene rings is 3. The third-order valence-corrected chi connectivity index (χ3v) is 8.20. The molecule has 36 heavy (non-hydrogen) atoms. The second-order valence-corrected chi connectivity index (χ2v) is 11.1. The molecule has 0 bridgehead atoms. The van der Waals surface area contributed by atoms with E-state index >= 15 is 0 Å². The van der Waals surface area contributed by atoms with Crippen LogP contribution in [0, 0.1) is 11.7 Å². The van der Waals surface area contributed by atoms with Crippen LogP contribution in [0.4, 0.5) is 10.1 Å². The molecule has 0 saturated carbocycles. The van der Waals surface area contributed by atoms with Gasteiger partial charge in [-0.1, -0.05) is 42.0 Å². The van der Waals surface area contributed by atoms with Crippen molar-refractivity contribution in [1.82, 2.24) is 5.43 Å². The standard InChI is InChI=1S/C29H27ClFN3OS/c1-17(33-34-29(35)18(2)36-23-13-9-21(30)10-14-23)20-8-15-27-26(16-20)24-4-3-5-25(24)28(32-27)19-6-11-22(31)12-7-19/h3-4,6-16,18,24-25,28,32H,5H2,1-2H3,(H,34,35)/b33-17-/t18-,24+,25-,28-/m0/s1. The van der Waals surface area contributed by atoms with Gasteiger partial charge in [0.15, 0.2) is 0 Å². The minimum Gasteiger partial charge on any atom is -0.378 e. The van der Waals surface area contributed by atoms with Crippen molar-refractivity contribution >= 4 is 40.7 Å². The normalized spacial score (nSPS) is 21.3. The van der Waals surface area contributed by atoms with Crippen molar-refractivity contribution in [2.75, 3.05) is 5.32 Å². The lowest BCUT2D eigenvalue weighted by atomic mass is 9.76. The number of hydrazone groups is 1. The molecule has 184 valence electrons. The van der Waals surface area contributed by atoms with E-state index in [9.17, 15) is 9.18 Å². The summed E-state index contributed by atoms with van der Waals surface area (Å²) < 4.78 is 13.5. The summed E-state index contributed by atoms with van der Waals surface area (Å²) in [5.41, 5.74) is 7.81. The van der Waals surface area contributed by atoms with Gasteiger partial charge in [0.05, 0.1) is 17.0 Å². The molecule has 7 heteroatoms. The van der Waals surface area contributed by atoms with Gasteiger partial charge in [0.25, 0.3) is 5.91 Å². The highest BCUT2D eigenvalue weighted by molar-refractivity contribution is 8.00. The van der Waals surface area contributed by atoms with Crippen LogP contribution < -0.4 is 10.7 Å². The maximum Gasteiger partial charge on any atom is 0.253 e. The molecule has 0 radical (unpaired) electrons. The lowest BCUT2D eigenvalue weighted by Gasteiger charge is -2.37. The van der Waals surface area contributed by atoms with Crippen molar-refractivity contribution < 1.29 is 9.18 Å². The van der Waals surface area contributed by atoms with Gasteiger partial charge in [-0.25, -0.2) is 9.82 Å². The number of carbonyl (C=O) groups excluding carboxylic acids is 1. The number of nitrogens with one attached hydrogen (secondary N) is 2. The Balaban J connectivity index is 1.30. The van der Waals surface area contributed by atoms with Gasteiger partial charge < -0.3 is 5.32 Å². The zero-order valence-corrected chi connectivity index (χ0v) is 21.6. The summed E-state index contributed by atoms with van der Waals surface area (Å²) in [4.78, 5) is 13.6. The van der Waals surface area contributed by atoms with Gasteiger partial charge >= 0.3 is 0 Å². The summed E-state index contributed by atoms with van der Waals surface area (Å²) in [5, 5.41) is 8.43. The fraction of sp³-hybridized carbons (Fsp3) is 0.241. The number of rotatable bonds is 6. The first-order valence-corrected chi connectivity index (χ1v) is 13.2. The molecule has 1 aliphatic heterocycles. The average Bonchev–Trinajstić information content (AvgIpc) is 3.38. The number of halogens is 2. The van der Waals surface area contributed by atoms with E-state index in [2.05, 4.69) is 40.1 Å². The number of amides is 1. The van der Waals surface area contributed by atoms with Crippen LogP contribution in [0.15, 0.2) is 88.9 Å². The van der Waals surface area contributed by atoms with Gasteiger partial charge in [-0.15, -0.1) is 11.8 Å². The molecule has 4 nitrogen and oxygen atoms in total. The van der Waals surface area contributed by atoms with Gasteiger partial charge in [0.2, 0.25) is 0 Å². The maximum atomic E-state index is 13.5. The molecule has 2 aliphatic rings. The number of carbonyl (C=O) groups is 1. The molecule has 1 heterocycles. The zero-order chi connectivity index (χ0) is 25.2. The Bertz CT molecular complexity index is 1320. The Labute approximate surface area is 220 Å². The Morgan fingerprint density at radius 2 is 1.89 bits per heavy atom. The number of anilines is 1. The highest BCUT2D eigenvalue weighted by Gasteiger charge is 2.38. The number of thioether (sulfide) groups is 1. The topological polar surface area (TPSA) is 53.5 Å². The molecule has 0 unspecified atom stereocenters. The van der Waals surface area contributed by atoms with Crippen LogP contribution >= 0.6 is 23.4 Å². The molecule has 2 N–H and O–H groups in total. The minimum atomic E-state index is -0.303. The molecule has 1 aliphatic carbocycles. The Hall–Kier alpha value is -3.09. The first-order valence-electron chi connectivity index (χ1n) is 12.0. The average molecular weight is 520 g/mol. The van der Waals surface area contributed by atoms with Crippen molar-refractivity contribution in [3.63, 3.8) is 0 Å². The largest absolute Gasteiger partial charge is 0.378 e. The van der Waals surface area contributed by atoms with Crippen LogP contribution in [0.3, 0.4) is 0 Å².